The summed E-state index contributed by atoms with van der Waals surface area (Å²) in [7, 11) is 3.29. The fraction of sp³-hybridized carbons (Fsp3) is 0.379. The van der Waals surface area contributed by atoms with Gasteiger partial charge >= 0.3 is 0 Å². The first-order valence-corrected chi connectivity index (χ1v) is 24.4. The summed E-state index contributed by atoms with van der Waals surface area (Å²) in [6.07, 6.45) is 3.23. The van der Waals surface area contributed by atoms with Crippen molar-refractivity contribution in [3.63, 3.8) is 0 Å². The van der Waals surface area contributed by atoms with Crippen molar-refractivity contribution in [1.82, 2.24) is 0 Å². The maximum absolute atomic E-state index is 6.80. The van der Waals surface area contributed by atoms with Crippen LogP contribution < -0.4 is 28.4 Å². The smallest absolute Gasteiger partial charge is 0.188 e. The molecule has 0 unspecified atom stereocenters. The van der Waals surface area contributed by atoms with E-state index in [1.807, 2.05) is 0 Å². The van der Waals surface area contributed by atoms with Gasteiger partial charge in [0.15, 0.2) is 13.6 Å². The molecule has 0 aromatic heterocycles. The molecule has 1 aliphatic carbocycles. The molecule has 12 nitrogen and oxygen atoms in total. The van der Waals surface area contributed by atoms with E-state index in [9.17, 15) is 0 Å². The SMILES string of the molecule is COCOc1c2cccc1Cc1cccc3c1OCCOCCOCCOc1c(cccc1C2)Cc1cccc2c1OCCOCCOCCOc1c(cccc1Cc1cccc(c1OCOC)C2)C3. The second-order valence-corrected chi connectivity index (χ2v) is 17.4. The molecule has 0 atom stereocenters. The zero-order chi connectivity index (χ0) is 47.7. The van der Waals surface area contributed by atoms with Gasteiger partial charge in [-0.15, -0.1) is 0 Å². The molecule has 0 saturated heterocycles. The topological polar surface area (TPSA) is 111 Å². The van der Waals surface area contributed by atoms with Crippen molar-refractivity contribution < 1.29 is 56.8 Å². The highest BCUT2D eigenvalue weighted by atomic mass is 16.7. The second-order valence-electron chi connectivity index (χ2n) is 17.4. The minimum absolute atomic E-state index is 0.0867. The van der Waals surface area contributed by atoms with Gasteiger partial charge in [0.05, 0.1) is 52.9 Å². The minimum atomic E-state index is 0.0867. The Hall–Kier alpha value is -6.12. The van der Waals surface area contributed by atoms with Crippen LogP contribution in [0.1, 0.15) is 66.8 Å². The van der Waals surface area contributed by atoms with E-state index in [1.165, 1.54) is 0 Å². The molecular weight excluding hydrogens is 889 g/mol. The zero-order valence-corrected chi connectivity index (χ0v) is 40.4. The Labute approximate surface area is 411 Å². The first-order chi connectivity index (χ1) is 34.7. The largest absolute Gasteiger partial charge is 0.491 e. The molecule has 6 aromatic carbocycles. The lowest BCUT2D eigenvalue weighted by Crippen LogP contribution is -2.15. The fourth-order valence-corrected chi connectivity index (χ4v) is 9.53. The summed E-state index contributed by atoms with van der Waals surface area (Å²) in [5.41, 5.74) is 12.2. The average molecular weight is 953 g/mol. The van der Waals surface area contributed by atoms with E-state index in [2.05, 4.69) is 109 Å². The summed E-state index contributed by atoms with van der Waals surface area (Å²) in [6.45, 7) is 4.80. The standard InChI is InChI=1S/C58H64O12/c1-59-39-69-57-49-17-7-18-50(57)36-46-14-4-10-42-34-44-12-6-16-48-38-52-20-8-19-51(58(52)70-40-60-2)37-47-15-5-11-43(55(47)67-31-27-63-23-24-64-28-32-68-56(44)48)33-41-9-3-13-45(35-49)53(41)65-29-25-61-21-22-62-26-30-66-54(42)46/h3-20H,21-40H2,1-2H3. The Morgan fingerprint density at radius 1 is 0.286 bits per heavy atom. The van der Waals surface area contributed by atoms with Gasteiger partial charge in [0, 0.05) is 52.7 Å². The van der Waals surface area contributed by atoms with Gasteiger partial charge in [-0.1, -0.05) is 109 Å². The van der Waals surface area contributed by atoms with Crippen LogP contribution in [0.4, 0.5) is 0 Å². The molecule has 2 aliphatic heterocycles. The van der Waals surface area contributed by atoms with Crippen molar-refractivity contribution in [2.24, 2.45) is 0 Å². The van der Waals surface area contributed by atoms with Crippen LogP contribution >= 0.6 is 0 Å². The Kier molecular flexibility index (Phi) is 17.6. The molecule has 6 aromatic rings. The van der Waals surface area contributed by atoms with Crippen LogP contribution in [0.2, 0.25) is 0 Å². The minimum Gasteiger partial charge on any atom is -0.491 e. The quantitative estimate of drug-likeness (QED) is 0.148. The number of methoxy groups -OCH3 is 2. The lowest BCUT2D eigenvalue weighted by Gasteiger charge is -2.22. The molecule has 368 valence electrons. The number of rotatable bonds is 6. The Morgan fingerprint density at radius 3 is 0.714 bits per heavy atom. The summed E-state index contributed by atoms with van der Waals surface area (Å²) in [6, 6.07) is 38.2. The molecule has 12 heteroatoms. The van der Waals surface area contributed by atoms with Gasteiger partial charge in [-0.2, -0.15) is 0 Å². The molecule has 0 radical (unpaired) electrons. The van der Waals surface area contributed by atoms with Crippen molar-refractivity contribution in [2.45, 2.75) is 38.5 Å². The summed E-state index contributed by atoms with van der Waals surface area (Å²) in [5, 5.41) is 0. The third-order valence-corrected chi connectivity index (χ3v) is 12.6. The van der Waals surface area contributed by atoms with Crippen LogP contribution in [-0.2, 0) is 66.9 Å². The number of para-hydroxylation sites is 6. The highest BCUT2D eigenvalue weighted by molar-refractivity contribution is 5.57. The maximum Gasteiger partial charge on any atom is 0.188 e. The van der Waals surface area contributed by atoms with Gasteiger partial charge in [0.2, 0.25) is 0 Å². The first-order valence-electron chi connectivity index (χ1n) is 24.4. The number of hydrogen-bond acceptors (Lipinski definition) is 12. The summed E-state index contributed by atoms with van der Waals surface area (Å²) in [4.78, 5) is 0. The molecule has 0 spiro atoms. The molecule has 70 heavy (non-hydrogen) atoms. The van der Waals surface area contributed by atoms with Crippen LogP contribution in [0, 0.1) is 0 Å². The fourth-order valence-electron chi connectivity index (χ4n) is 9.53. The molecule has 16 bridgehead atoms. The van der Waals surface area contributed by atoms with Gasteiger partial charge in [0.25, 0.3) is 0 Å². The summed E-state index contributed by atoms with van der Waals surface area (Å²) >= 11 is 0. The third-order valence-electron chi connectivity index (χ3n) is 12.6. The van der Waals surface area contributed by atoms with Gasteiger partial charge < -0.3 is 56.8 Å². The molecule has 3 aliphatic rings. The van der Waals surface area contributed by atoms with E-state index in [-0.39, 0.29) is 13.6 Å². The van der Waals surface area contributed by atoms with E-state index in [0.717, 1.165) is 101 Å². The molecule has 9 rings (SSSR count). The molecule has 2 heterocycles. The Balaban J connectivity index is 1.27. The van der Waals surface area contributed by atoms with Crippen LogP contribution in [0.3, 0.4) is 0 Å². The van der Waals surface area contributed by atoms with Crippen molar-refractivity contribution in [1.29, 1.82) is 0 Å². The first kappa shape index (κ1) is 48.9. The predicted molar refractivity (Wildman–Crippen MR) is 266 cm³/mol. The van der Waals surface area contributed by atoms with Crippen LogP contribution in [0.25, 0.3) is 0 Å². The van der Waals surface area contributed by atoms with Crippen LogP contribution in [-0.4, -0.2) is 107 Å². The van der Waals surface area contributed by atoms with Crippen LogP contribution in [0.5, 0.6) is 34.5 Å². The molecule has 0 N–H and O–H groups in total. The van der Waals surface area contributed by atoms with Crippen molar-refractivity contribution in [3.8, 4) is 34.5 Å². The monoisotopic (exact) mass is 952 g/mol. The normalized spacial score (nSPS) is 16.1. The van der Waals surface area contributed by atoms with E-state index < -0.39 is 0 Å². The van der Waals surface area contributed by atoms with Gasteiger partial charge in [-0.05, 0) is 66.8 Å². The summed E-state index contributed by atoms with van der Waals surface area (Å²) in [5.74, 6) is 4.73. The Bertz CT molecular complexity index is 2300. The van der Waals surface area contributed by atoms with Crippen molar-refractivity contribution in [2.75, 3.05) is 107 Å². The number of ether oxygens (including phenoxy) is 12. The van der Waals surface area contributed by atoms with E-state index in [1.54, 1.807) is 14.2 Å². The van der Waals surface area contributed by atoms with Gasteiger partial charge in [-0.25, -0.2) is 0 Å². The average Bonchev–Trinajstić information content (AvgIpc) is 3.36. The Morgan fingerprint density at radius 2 is 0.486 bits per heavy atom. The van der Waals surface area contributed by atoms with E-state index in [0.29, 0.717) is 118 Å². The lowest BCUT2D eigenvalue weighted by atomic mass is 9.91. The van der Waals surface area contributed by atoms with Gasteiger partial charge in [-0.3, -0.25) is 0 Å². The number of hydrogen-bond donors (Lipinski definition) is 0. The molecule has 0 saturated carbocycles. The predicted octanol–water partition coefficient (Wildman–Crippen LogP) is 9.12. The molecular formula is C58H64O12. The summed E-state index contributed by atoms with van der Waals surface area (Å²) < 4.78 is 75.6. The highest BCUT2D eigenvalue weighted by Crippen LogP contribution is 2.40. The lowest BCUT2D eigenvalue weighted by molar-refractivity contribution is 0.0268. The van der Waals surface area contributed by atoms with Crippen LogP contribution in [0.15, 0.2) is 109 Å². The molecule has 0 amide bonds. The van der Waals surface area contributed by atoms with Gasteiger partial charge in [0.1, 0.15) is 60.9 Å². The second kappa shape index (κ2) is 25.1. The molecule has 0 fully saturated rings. The third kappa shape index (κ3) is 12.4. The van der Waals surface area contributed by atoms with Crippen molar-refractivity contribution in [3.05, 3.63) is 176 Å². The number of benzene rings is 6. The zero-order valence-electron chi connectivity index (χ0n) is 40.4. The maximum atomic E-state index is 6.80. The van der Waals surface area contributed by atoms with E-state index >= 15 is 0 Å². The van der Waals surface area contributed by atoms with Crippen molar-refractivity contribution >= 4 is 0 Å². The van der Waals surface area contributed by atoms with E-state index in [4.69, 9.17) is 56.8 Å². The highest BCUT2D eigenvalue weighted by Gasteiger charge is 2.23.